The third-order valence-electron chi connectivity index (χ3n) is 3.33. The van der Waals surface area contributed by atoms with Crippen molar-refractivity contribution in [1.82, 2.24) is 5.32 Å². The third kappa shape index (κ3) is 4.55. The van der Waals surface area contributed by atoms with Crippen LogP contribution >= 0.6 is 11.6 Å². The zero-order valence-electron chi connectivity index (χ0n) is 12.5. The quantitative estimate of drug-likeness (QED) is 0.752. The summed E-state index contributed by atoms with van der Waals surface area (Å²) in [7, 11) is 0. The second kappa shape index (κ2) is 7.76. The Morgan fingerprint density at radius 3 is 2.43 bits per heavy atom. The van der Waals surface area contributed by atoms with Crippen LogP contribution in [-0.2, 0) is 9.59 Å². The Morgan fingerprint density at radius 1 is 1.13 bits per heavy atom. The van der Waals surface area contributed by atoms with E-state index in [0.29, 0.717) is 10.7 Å². The molecule has 23 heavy (non-hydrogen) atoms. The molecule has 0 bridgehead atoms. The number of hydrogen-bond acceptors (Lipinski definition) is 3. The summed E-state index contributed by atoms with van der Waals surface area (Å²) >= 11 is 5.85. The van der Waals surface area contributed by atoms with Gasteiger partial charge < -0.3 is 15.7 Å². The molecule has 2 aromatic carbocycles. The van der Waals surface area contributed by atoms with E-state index in [1.165, 1.54) is 0 Å². The van der Waals surface area contributed by atoms with E-state index in [4.69, 9.17) is 11.6 Å². The molecule has 0 fully saturated rings. The fraction of sp³-hybridized carbons (Fsp3) is 0.176. The SMILES string of the molecule is Cc1cc(Cl)ccc1NC(=O)C(=O)NC(CO)c1ccccc1. The van der Waals surface area contributed by atoms with Crippen molar-refractivity contribution < 1.29 is 14.7 Å². The molecule has 6 heteroatoms. The average Bonchev–Trinajstić information content (AvgIpc) is 2.55. The molecule has 120 valence electrons. The second-order valence-electron chi connectivity index (χ2n) is 5.03. The molecule has 2 aromatic rings. The summed E-state index contributed by atoms with van der Waals surface area (Å²) < 4.78 is 0. The van der Waals surface area contributed by atoms with Gasteiger partial charge in [0.1, 0.15) is 0 Å². The van der Waals surface area contributed by atoms with Crippen LogP contribution in [0.25, 0.3) is 0 Å². The fourth-order valence-corrected chi connectivity index (χ4v) is 2.32. The van der Waals surface area contributed by atoms with Crippen LogP contribution in [0.15, 0.2) is 48.5 Å². The number of nitrogens with one attached hydrogen (secondary N) is 2. The highest BCUT2D eigenvalue weighted by atomic mass is 35.5. The average molecular weight is 333 g/mol. The number of rotatable bonds is 4. The van der Waals surface area contributed by atoms with Crippen molar-refractivity contribution in [3.8, 4) is 0 Å². The molecule has 0 saturated carbocycles. The second-order valence-corrected chi connectivity index (χ2v) is 5.47. The summed E-state index contributed by atoms with van der Waals surface area (Å²) in [5.74, 6) is -1.62. The minimum atomic E-state index is -0.817. The maximum Gasteiger partial charge on any atom is 0.313 e. The molecule has 0 saturated heterocycles. The minimum absolute atomic E-state index is 0.303. The number of hydrogen-bond donors (Lipinski definition) is 3. The number of aliphatic hydroxyl groups excluding tert-OH is 1. The van der Waals surface area contributed by atoms with Crippen molar-refractivity contribution in [3.05, 3.63) is 64.7 Å². The van der Waals surface area contributed by atoms with Gasteiger partial charge in [-0.05, 0) is 36.2 Å². The van der Waals surface area contributed by atoms with Gasteiger partial charge in [-0.2, -0.15) is 0 Å². The van der Waals surface area contributed by atoms with Crippen LogP contribution in [0.2, 0.25) is 5.02 Å². The summed E-state index contributed by atoms with van der Waals surface area (Å²) in [5, 5.41) is 15.0. The molecule has 1 atom stereocenters. The van der Waals surface area contributed by atoms with Crippen molar-refractivity contribution in [2.45, 2.75) is 13.0 Å². The van der Waals surface area contributed by atoms with Gasteiger partial charge >= 0.3 is 11.8 Å². The maximum atomic E-state index is 12.0. The van der Waals surface area contributed by atoms with Crippen molar-refractivity contribution >= 4 is 29.1 Å². The highest BCUT2D eigenvalue weighted by Crippen LogP contribution is 2.19. The van der Waals surface area contributed by atoms with Gasteiger partial charge in [-0.3, -0.25) is 9.59 Å². The van der Waals surface area contributed by atoms with E-state index in [0.717, 1.165) is 11.1 Å². The number of halogens is 1. The molecule has 0 heterocycles. The highest BCUT2D eigenvalue weighted by Gasteiger charge is 2.19. The molecule has 2 amide bonds. The van der Waals surface area contributed by atoms with Gasteiger partial charge in [0.05, 0.1) is 12.6 Å². The van der Waals surface area contributed by atoms with E-state index in [1.54, 1.807) is 49.4 Å². The zero-order chi connectivity index (χ0) is 16.8. The Kier molecular flexibility index (Phi) is 5.73. The third-order valence-corrected chi connectivity index (χ3v) is 3.57. The smallest absolute Gasteiger partial charge is 0.313 e. The first-order valence-corrected chi connectivity index (χ1v) is 7.43. The molecule has 5 nitrogen and oxygen atoms in total. The van der Waals surface area contributed by atoms with Crippen LogP contribution in [0, 0.1) is 6.92 Å². The number of carbonyl (C=O) groups is 2. The molecule has 1 unspecified atom stereocenters. The van der Waals surface area contributed by atoms with Crippen LogP contribution in [0.3, 0.4) is 0 Å². The van der Waals surface area contributed by atoms with Crippen LogP contribution in [0.1, 0.15) is 17.2 Å². The molecular formula is C17H17ClN2O3. The fourth-order valence-electron chi connectivity index (χ4n) is 2.09. The van der Waals surface area contributed by atoms with E-state index in [1.807, 2.05) is 6.07 Å². The predicted octanol–water partition coefficient (Wildman–Crippen LogP) is 2.44. The Balaban J connectivity index is 2.03. The molecule has 3 N–H and O–H groups in total. The van der Waals surface area contributed by atoms with Gasteiger partial charge in [0.25, 0.3) is 0 Å². The topological polar surface area (TPSA) is 78.4 Å². The number of benzene rings is 2. The maximum absolute atomic E-state index is 12.0. The molecule has 0 aliphatic carbocycles. The molecule has 0 aromatic heterocycles. The molecule has 2 rings (SSSR count). The number of carbonyl (C=O) groups excluding carboxylic acids is 2. The first kappa shape index (κ1) is 17.0. The lowest BCUT2D eigenvalue weighted by Gasteiger charge is -2.16. The molecule has 0 aliphatic heterocycles. The van der Waals surface area contributed by atoms with E-state index < -0.39 is 17.9 Å². The summed E-state index contributed by atoms with van der Waals surface area (Å²) in [6.07, 6.45) is 0. The van der Waals surface area contributed by atoms with Gasteiger partial charge in [-0.15, -0.1) is 0 Å². The van der Waals surface area contributed by atoms with E-state index in [9.17, 15) is 14.7 Å². The molecular weight excluding hydrogens is 316 g/mol. The highest BCUT2D eigenvalue weighted by molar-refractivity contribution is 6.39. The number of anilines is 1. The summed E-state index contributed by atoms with van der Waals surface area (Å²) in [5.41, 5.74) is 1.98. The number of aliphatic hydroxyl groups is 1. The van der Waals surface area contributed by atoms with Crippen molar-refractivity contribution in [3.63, 3.8) is 0 Å². The molecule has 0 radical (unpaired) electrons. The first-order valence-electron chi connectivity index (χ1n) is 7.05. The Labute approximate surface area is 139 Å². The summed E-state index contributed by atoms with van der Waals surface area (Å²) in [4.78, 5) is 24.0. The van der Waals surface area contributed by atoms with Gasteiger partial charge in [0.2, 0.25) is 0 Å². The Bertz CT molecular complexity index is 704. The monoisotopic (exact) mass is 332 g/mol. The van der Waals surface area contributed by atoms with Crippen LogP contribution in [0.5, 0.6) is 0 Å². The summed E-state index contributed by atoms with van der Waals surface area (Å²) in [6.45, 7) is 1.48. The van der Waals surface area contributed by atoms with Gasteiger partial charge in [-0.1, -0.05) is 41.9 Å². The van der Waals surface area contributed by atoms with E-state index >= 15 is 0 Å². The lowest BCUT2D eigenvalue weighted by Crippen LogP contribution is -2.39. The number of aryl methyl sites for hydroxylation is 1. The summed E-state index contributed by atoms with van der Waals surface area (Å²) in [6, 6.07) is 13.3. The Morgan fingerprint density at radius 2 is 1.83 bits per heavy atom. The molecule has 0 spiro atoms. The minimum Gasteiger partial charge on any atom is -0.394 e. The van der Waals surface area contributed by atoms with Crippen LogP contribution in [-0.4, -0.2) is 23.5 Å². The normalized spacial score (nSPS) is 11.6. The van der Waals surface area contributed by atoms with Gasteiger partial charge in [0.15, 0.2) is 0 Å². The standard InChI is InChI=1S/C17H17ClN2O3/c1-11-9-13(18)7-8-14(11)19-16(22)17(23)20-15(10-21)12-5-3-2-4-6-12/h2-9,15,21H,10H2,1H3,(H,19,22)(H,20,23). The van der Waals surface area contributed by atoms with E-state index in [-0.39, 0.29) is 6.61 Å². The van der Waals surface area contributed by atoms with Crippen molar-refractivity contribution in [2.75, 3.05) is 11.9 Å². The number of amides is 2. The van der Waals surface area contributed by atoms with Crippen molar-refractivity contribution in [2.24, 2.45) is 0 Å². The first-order chi connectivity index (χ1) is 11.0. The predicted molar refractivity (Wildman–Crippen MR) is 89.2 cm³/mol. The van der Waals surface area contributed by atoms with E-state index in [2.05, 4.69) is 10.6 Å². The zero-order valence-corrected chi connectivity index (χ0v) is 13.3. The largest absolute Gasteiger partial charge is 0.394 e. The Hall–Kier alpha value is -2.37. The van der Waals surface area contributed by atoms with Gasteiger partial charge in [-0.25, -0.2) is 0 Å². The van der Waals surface area contributed by atoms with Crippen LogP contribution in [0.4, 0.5) is 5.69 Å². The lowest BCUT2D eigenvalue weighted by molar-refractivity contribution is -0.136. The van der Waals surface area contributed by atoms with Crippen LogP contribution < -0.4 is 10.6 Å². The lowest BCUT2D eigenvalue weighted by atomic mass is 10.1. The van der Waals surface area contributed by atoms with Crippen molar-refractivity contribution in [1.29, 1.82) is 0 Å². The molecule has 0 aliphatic rings. The van der Waals surface area contributed by atoms with Gasteiger partial charge in [0, 0.05) is 10.7 Å².